The summed E-state index contributed by atoms with van der Waals surface area (Å²) in [6.45, 7) is 6.25. The summed E-state index contributed by atoms with van der Waals surface area (Å²) in [6, 6.07) is 23.2. The lowest BCUT2D eigenvalue weighted by atomic mass is 10.1. The highest BCUT2D eigenvalue weighted by atomic mass is 14.6. The molecular formula is C25H24N2. The summed E-state index contributed by atoms with van der Waals surface area (Å²) < 4.78 is 0. The van der Waals surface area contributed by atoms with E-state index in [4.69, 9.17) is 0 Å². The van der Waals surface area contributed by atoms with Gasteiger partial charge in [-0.3, -0.25) is 9.97 Å². The van der Waals surface area contributed by atoms with Crippen molar-refractivity contribution in [2.75, 3.05) is 0 Å². The van der Waals surface area contributed by atoms with E-state index < -0.39 is 0 Å². The van der Waals surface area contributed by atoms with E-state index in [-0.39, 0.29) is 0 Å². The minimum absolute atomic E-state index is 1.19. The minimum atomic E-state index is 1.19. The summed E-state index contributed by atoms with van der Waals surface area (Å²) in [4.78, 5) is 8.17. The van der Waals surface area contributed by atoms with Gasteiger partial charge in [0.25, 0.3) is 0 Å². The molecule has 0 N–H and O–H groups in total. The fourth-order valence-corrected chi connectivity index (χ4v) is 2.75. The number of pyridine rings is 2. The minimum Gasteiger partial charge on any atom is -0.265 e. The molecule has 4 aromatic rings. The number of aromatic nitrogens is 2. The summed E-state index contributed by atoms with van der Waals surface area (Å²) >= 11 is 0. The van der Waals surface area contributed by atoms with E-state index in [1.165, 1.54) is 38.9 Å². The van der Waals surface area contributed by atoms with Gasteiger partial charge in [-0.2, -0.15) is 0 Å². The third kappa shape index (κ3) is 5.35. The second kappa shape index (κ2) is 8.91. The fourth-order valence-electron chi connectivity index (χ4n) is 2.75. The molecule has 0 unspecified atom stereocenters. The zero-order valence-corrected chi connectivity index (χ0v) is 16.1. The first-order valence-electron chi connectivity index (χ1n) is 9.07. The predicted octanol–water partition coefficient (Wildman–Crippen LogP) is 6.42. The smallest absolute Gasteiger partial charge is 0.0346 e. The van der Waals surface area contributed by atoms with Gasteiger partial charge in [0.1, 0.15) is 0 Å². The Morgan fingerprint density at radius 1 is 0.444 bits per heavy atom. The normalized spacial score (nSPS) is 10.0. The van der Waals surface area contributed by atoms with Crippen molar-refractivity contribution in [3.8, 4) is 22.3 Å². The van der Waals surface area contributed by atoms with Gasteiger partial charge in [-0.25, -0.2) is 0 Å². The molecule has 0 amide bonds. The summed E-state index contributed by atoms with van der Waals surface area (Å²) in [5.41, 5.74) is 8.65. The third-order valence-electron chi connectivity index (χ3n) is 4.33. The topological polar surface area (TPSA) is 25.8 Å². The van der Waals surface area contributed by atoms with Crippen LogP contribution in [-0.2, 0) is 0 Å². The molecule has 2 aromatic carbocycles. The second-order valence-corrected chi connectivity index (χ2v) is 6.72. The standard InChI is InChI=1S/C13H13N.C12H11N/c1-10-3-5-12(6-4-10)13-7-11(2)8-14-9-13;1-10-2-4-11(5-3-10)12-6-8-13-9-7-12/h3-9H,1-2H3;2-9H,1H3. The summed E-state index contributed by atoms with van der Waals surface area (Å²) in [5.74, 6) is 0. The van der Waals surface area contributed by atoms with Crippen LogP contribution in [0.2, 0.25) is 0 Å². The van der Waals surface area contributed by atoms with Crippen LogP contribution in [0.25, 0.3) is 22.3 Å². The first-order chi connectivity index (χ1) is 13.1. The van der Waals surface area contributed by atoms with Gasteiger partial charge in [-0.1, -0.05) is 59.7 Å². The molecule has 0 radical (unpaired) electrons. The zero-order valence-electron chi connectivity index (χ0n) is 16.1. The molecule has 4 rings (SSSR count). The fraction of sp³-hybridized carbons (Fsp3) is 0.120. The highest BCUT2D eigenvalue weighted by Gasteiger charge is 1.97. The Morgan fingerprint density at radius 3 is 1.44 bits per heavy atom. The number of rotatable bonds is 2. The Morgan fingerprint density at radius 2 is 0.926 bits per heavy atom. The lowest BCUT2D eigenvalue weighted by Crippen LogP contribution is -1.82. The van der Waals surface area contributed by atoms with Gasteiger partial charge in [0.05, 0.1) is 0 Å². The molecule has 2 heterocycles. The molecule has 2 nitrogen and oxygen atoms in total. The largest absolute Gasteiger partial charge is 0.265 e. The van der Waals surface area contributed by atoms with E-state index in [2.05, 4.69) is 85.3 Å². The van der Waals surface area contributed by atoms with Crippen LogP contribution >= 0.6 is 0 Å². The average Bonchev–Trinajstić information content (AvgIpc) is 2.70. The highest BCUT2D eigenvalue weighted by Crippen LogP contribution is 2.19. The summed E-state index contributed by atoms with van der Waals surface area (Å²) in [7, 11) is 0. The van der Waals surface area contributed by atoms with Crippen molar-refractivity contribution in [3.05, 3.63) is 108 Å². The summed E-state index contributed by atoms with van der Waals surface area (Å²) in [6.07, 6.45) is 7.40. The van der Waals surface area contributed by atoms with E-state index in [9.17, 15) is 0 Å². The van der Waals surface area contributed by atoms with Crippen molar-refractivity contribution in [1.29, 1.82) is 0 Å². The molecule has 0 saturated carbocycles. The molecule has 2 heteroatoms. The van der Waals surface area contributed by atoms with Gasteiger partial charge in [-0.15, -0.1) is 0 Å². The Balaban J connectivity index is 0.000000156. The van der Waals surface area contributed by atoms with Crippen molar-refractivity contribution >= 4 is 0 Å². The van der Waals surface area contributed by atoms with Crippen LogP contribution in [0.5, 0.6) is 0 Å². The number of nitrogens with zero attached hydrogens (tertiary/aromatic N) is 2. The van der Waals surface area contributed by atoms with Crippen molar-refractivity contribution in [2.24, 2.45) is 0 Å². The summed E-state index contributed by atoms with van der Waals surface area (Å²) in [5, 5.41) is 0. The van der Waals surface area contributed by atoms with Gasteiger partial charge >= 0.3 is 0 Å². The number of hydrogen-bond acceptors (Lipinski definition) is 2. The molecule has 0 atom stereocenters. The molecule has 0 spiro atoms. The first kappa shape index (κ1) is 18.5. The van der Waals surface area contributed by atoms with Crippen LogP contribution in [0.4, 0.5) is 0 Å². The molecule has 0 fully saturated rings. The van der Waals surface area contributed by atoms with Crippen LogP contribution < -0.4 is 0 Å². The van der Waals surface area contributed by atoms with Crippen LogP contribution in [0.1, 0.15) is 16.7 Å². The van der Waals surface area contributed by atoms with Gasteiger partial charge < -0.3 is 0 Å². The van der Waals surface area contributed by atoms with Crippen LogP contribution in [0.3, 0.4) is 0 Å². The lowest BCUT2D eigenvalue weighted by molar-refractivity contribution is 1.27. The zero-order chi connectivity index (χ0) is 19.1. The Kier molecular flexibility index (Phi) is 6.11. The molecule has 27 heavy (non-hydrogen) atoms. The number of aryl methyl sites for hydroxylation is 3. The molecule has 0 aliphatic heterocycles. The molecule has 0 saturated heterocycles. The van der Waals surface area contributed by atoms with Crippen molar-refractivity contribution < 1.29 is 0 Å². The van der Waals surface area contributed by atoms with Crippen LogP contribution in [0.15, 0.2) is 91.5 Å². The molecule has 2 aromatic heterocycles. The van der Waals surface area contributed by atoms with Gasteiger partial charge in [0, 0.05) is 30.4 Å². The number of benzene rings is 2. The Bertz CT molecular complexity index is 973. The van der Waals surface area contributed by atoms with E-state index in [0.29, 0.717) is 0 Å². The molecular weight excluding hydrogens is 328 g/mol. The van der Waals surface area contributed by atoms with E-state index >= 15 is 0 Å². The predicted molar refractivity (Wildman–Crippen MR) is 114 cm³/mol. The highest BCUT2D eigenvalue weighted by molar-refractivity contribution is 5.63. The van der Waals surface area contributed by atoms with Crippen molar-refractivity contribution in [3.63, 3.8) is 0 Å². The first-order valence-corrected chi connectivity index (χ1v) is 9.07. The average molecular weight is 352 g/mol. The Hall–Kier alpha value is -3.26. The molecule has 0 bridgehead atoms. The maximum atomic E-state index is 4.18. The van der Waals surface area contributed by atoms with Crippen molar-refractivity contribution in [1.82, 2.24) is 9.97 Å². The molecule has 0 aliphatic carbocycles. The quantitative estimate of drug-likeness (QED) is 0.416. The maximum absolute atomic E-state index is 4.18. The lowest BCUT2D eigenvalue weighted by Gasteiger charge is -2.02. The van der Waals surface area contributed by atoms with Gasteiger partial charge in [0.2, 0.25) is 0 Å². The van der Waals surface area contributed by atoms with E-state index in [0.717, 1.165) is 0 Å². The maximum Gasteiger partial charge on any atom is 0.0346 e. The van der Waals surface area contributed by atoms with Gasteiger partial charge in [0.15, 0.2) is 0 Å². The van der Waals surface area contributed by atoms with E-state index in [1.54, 1.807) is 0 Å². The van der Waals surface area contributed by atoms with Gasteiger partial charge in [-0.05, 0) is 61.2 Å². The Labute approximate surface area is 161 Å². The third-order valence-corrected chi connectivity index (χ3v) is 4.33. The SMILES string of the molecule is Cc1ccc(-c2ccncc2)cc1.Cc1ccc(-c2cncc(C)c2)cc1. The monoisotopic (exact) mass is 352 g/mol. The second-order valence-electron chi connectivity index (χ2n) is 6.72. The molecule has 134 valence electrons. The van der Waals surface area contributed by atoms with Crippen molar-refractivity contribution in [2.45, 2.75) is 20.8 Å². The van der Waals surface area contributed by atoms with Crippen LogP contribution in [-0.4, -0.2) is 9.97 Å². The molecule has 0 aliphatic rings. The van der Waals surface area contributed by atoms with Crippen LogP contribution in [0, 0.1) is 20.8 Å². The van der Waals surface area contributed by atoms with E-state index in [1.807, 2.05) is 36.9 Å². The number of hydrogen-bond donors (Lipinski definition) is 0.